The molecule has 0 spiro atoms. The third kappa shape index (κ3) is 3.20. The highest BCUT2D eigenvalue weighted by atomic mass is 19.1. The SMILES string of the molecule is CC(=O)CCC(C)=C(F)B1OC(C)(C)C(C)(C)O1. The van der Waals surface area contributed by atoms with E-state index in [0.717, 1.165) is 0 Å². The molecule has 0 aromatic carbocycles. The van der Waals surface area contributed by atoms with Gasteiger partial charge in [-0.25, -0.2) is 4.39 Å². The molecular formula is C13H22BFO3. The van der Waals surface area contributed by atoms with E-state index in [4.69, 9.17) is 9.31 Å². The molecule has 1 saturated heterocycles. The summed E-state index contributed by atoms with van der Waals surface area (Å²) in [5, 5.41) is 0. The molecule has 5 heteroatoms. The standard InChI is InChI=1S/C13H22BFO3/c1-9(7-8-10(2)16)11(15)14-17-12(3,4)13(5,6)18-14/h7-8H2,1-6H3. The van der Waals surface area contributed by atoms with Gasteiger partial charge in [0.25, 0.3) is 0 Å². The molecule has 1 aliphatic heterocycles. The van der Waals surface area contributed by atoms with E-state index in [9.17, 15) is 9.18 Å². The molecule has 0 aromatic rings. The zero-order chi connectivity index (χ0) is 14.1. The molecule has 0 unspecified atom stereocenters. The van der Waals surface area contributed by atoms with Gasteiger partial charge in [-0.3, -0.25) is 0 Å². The second kappa shape index (κ2) is 5.13. The number of carbonyl (C=O) groups excluding carboxylic acids is 1. The van der Waals surface area contributed by atoms with Crippen LogP contribution in [0.25, 0.3) is 0 Å². The number of hydrogen-bond acceptors (Lipinski definition) is 3. The lowest BCUT2D eigenvalue weighted by Crippen LogP contribution is -2.41. The highest BCUT2D eigenvalue weighted by Gasteiger charge is 2.53. The summed E-state index contributed by atoms with van der Waals surface area (Å²) in [6, 6.07) is 0. The number of ketones is 1. The summed E-state index contributed by atoms with van der Waals surface area (Å²) in [6.07, 6.45) is 0.754. The van der Waals surface area contributed by atoms with Crippen LogP contribution in [0.1, 0.15) is 54.4 Å². The van der Waals surface area contributed by atoms with Gasteiger partial charge in [-0.1, -0.05) is 0 Å². The minimum Gasteiger partial charge on any atom is -0.398 e. The largest absolute Gasteiger partial charge is 0.525 e. The second-order valence-electron chi connectivity index (χ2n) is 5.92. The van der Waals surface area contributed by atoms with Gasteiger partial charge in [-0.15, -0.1) is 0 Å². The molecule has 18 heavy (non-hydrogen) atoms. The van der Waals surface area contributed by atoms with E-state index < -0.39 is 24.0 Å². The van der Waals surface area contributed by atoms with Crippen molar-refractivity contribution >= 4 is 12.9 Å². The first-order valence-corrected chi connectivity index (χ1v) is 6.27. The minimum absolute atomic E-state index is 0.0519. The molecule has 0 radical (unpaired) electrons. The predicted molar refractivity (Wildman–Crippen MR) is 69.8 cm³/mol. The topological polar surface area (TPSA) is 35.5 Å². The van der Waals surface area contributed by atoms with Crippen LogP contribution in [-0.2, 0) is 14.1 Å². The lowest BCUT2D eigenvalue weighted by Gasteiger charge is -2.32. The average molecular weight is 256 g/mol. The molecule has 0 aromatic heterocycles. The second-order valence-corrected chi connectivity index (χ2v) is 5.92. The number of allylic oxidation sites excluding steroid dienone is 1. The molecular weight excluding hydrogens is 234 g/mol. The number of Topliss-reactive ketones (excluding diaryl/α,β-unsaturated/α-hetero) is 1. The van der Waals surface area contributed by atoms with Crippen LogP contribution >= 0.6 is 0 Å². The first-order chi connectivity index (χ1) is 8.07. The van der Waals surface area contributed by atoms with Crippen LogP contribution in [0.15, 0.2) is 11.3 Å². The van der Waals surface area contributed by atoms with Crippen molar-refractivity contribution in [2.45, 2.75) is 65.6 Å². The molecule has 0 saturated carbocycles. The van der Waals surface area contributed by atoms with Crippen molar-refractivity contribution in [3.63, 3.8) is 0 Å². The van der Waals surface area contributed by atoms with Gasteiger partial charge in [0, 0.05) is 6.42 Å². The summed E-state index contributed by atoms with van der Waals surface area (Å²) >= 11 is 0. The fourth-order valence-electron chi connectivity index (χ4n) is 1.63. The van der Waals surface area contributed by atoms with Crippen molar-refractivity contribution in [1.82, 2.24) is 0 Å². The van der Waals surface area contributed by atoms with Crippen molar-refractivity contribution in [3.05, 3.63) is 11.3 Å². The number of carbonyl (C=O) groups is 1. The lowest BCUT2D eigenvalue weighted by atomic mass is 9.84. The van der Waals surface area contributed by atoms with E-state index in [2.05, 4.69) is 0 Å². The highest BCUT2D eigenvalue weighted by Crippen LogP contribution is 2.39. The number of hydrogen-bond donors (Lipinski definition) is 0. The van der Waals surface area contributed by atoms with E-state index in [-0.39, 0.29) is 5.78 Å². The average Bonchev–Trinajstić information content (AvgIpc) is 2.43. The van der Waals surface area contributed by atoms with Crippen LogP contribution in [0.4, 0.5) is 4.39 Å². The Kier molecular flexibility index (Phi) is 4.39. The van der Waals surface area contributed by atoms with E-state index in [1.54, 1.807) is 6.92 Å². The van der Waals surface area contributed by atoms with Gasteiger partial charge in [-0.2, -0.15) is 0 Å². The summed E-state index contributed by atoms with van der Waals surface area (Å²) < 4.78 is 25.4. The Morgan fingerprint density at radius 2 is 1.50 bits per heavy atom. The zero-order valence-corrected chi connectivity index (χ0v) is 12.1. The number of rotatable bonds is 4. The van der Waals surface area contributed by atoms with Gasteiger partial charge in [0.2, 0.25) is 0 Å². The Morgan fingerprint density at radius 1 is 1.06 bits per heavy atom. The first-order valence-electron chi connectivity index (χ1n) is 6.27. The minimum atomic E-state index is -0.957. The van der Waals surface area contributed by atoms with Crippen LogP contribution < -0.4 is 0 Å². The van der Waals surface area contributed by atoms with Crippen molar-refractivity contribution in [3.8, 4) is 0 Å². The van der Waals surface area contributed by atoms with Gasteiger partial charge in [-0.05, 0) is 53.5 Å². The van der Waals surface area contributed by atoms with Crippen LogP contribution in [0.5, 0.6) is 0 Å². The van der Waals surface area contributed by atoms with Crippen molar-refractivity contribution in [2.24, 2.45) is 0 Å². The van der Waals surface area contributed by atoms with Crippen LogP contribution in [-0.4, -0.2) is 24.1 Å². The van der Waals surface area contributed by atoms with Gasteiger partial charge >= 0.3 is 7.12 Å². The van der Waals surface area contributed by atoms with Crippen LogP contribution in [0.2, 0.25) is 0 Å². The van der Waals surface area contributed by atoms with Gasteiger partial charge in [0.05, 0.1) is 11.2 Å². The molecule has 0 atom stereocenters. The Balaban J connectivity index is 2.77. The normalized spacial score (nSPS) is 22.9. The lowest BCUT2D eigenvalue weighted by molar-refractivity contribution is -0.116. The smallest absolute Gasteiger partial charge is 0.398 e. The fraction of sp³-hybridized carbons (Fsp3) is 0.769. The monoisotopic (exact) mass is 256 g/mol. The maximum Gasteiger partial charge on any atom is 0.525 e. The molecule has 0 amide bonds. The van der Waals surface area contributed by atoms with E-state index in [1.165, 1.54) is 6.92 Å². The summed E-state index contributed by atoms with van der Waals surface area (Å²) in [7, 11) is -0.957. The Morgan fingerprint density at radius 3 is 1.89 bits per heavy atom. The molecule has 1 rings (SSSR count). The Bertz CT molecular complexity index is 358. The first kappa shape index (κ1) is 15.4. The predicted octanol–water partition coefficient (Wildman–Crippen LogP) is 3.23. The Labute approximate surface area is 109 Å². The van der Waals surface area contributed by atoms with Crippen molar-refractivity contribution < 1.29 is 18.5 Å². The molecule has 1 heterocycles. The number of halogens is 1. The molecule has 0 N–H and O–H groups in total. The quantitative estimate of drug-likeness (QED) is 0.724. The van der Waals surface area contributed by atoms with E-state index in [0.29, 0.717) is 18.4 Å². The molecule has 0 aliphatic carbocycles. The van der Waals surface area contributed by atoms with Gasteiger partial charge in [0.1, 0.15) is 11.5 Å². The Hall–Kier alpha value is -0.675. The third-order valence-electron chi connectivity index (χ3n) is 3.72. The maximum absolute atomic E-state index is 14.2. The molecule has 1 fully saturated rings. The molecule has 102 valence electrons. The van der Waals surface area contributed by atoms with Gasteiger partial charge < -0.3 is 14.1 Å². The third-order valence-corrected chi connectivity index (χ3v) is 3.72. The molecule has 0 bridgehead atoms. The van der Waals surface area contributed by atoms with Crippen molar-refractivity contribution in [1.29, 1.82) is 0 Å². The zero-order valence-electron chi connectivity index (χ0n) is 12.1. The summed E-state index contributed by atoms with van der Waals surface area (Å²) in [6.45, 7) is 10.7. The summed E-state index contributed by atoms with van der Waals surface area (Å²) in [5.41, 5.74) is -0.982. The summed E-state index contributed by atoms with van der Waals surface area (Å²) in [5.74, 6) is 0.0519. The van der Waals surface area contributed by atoms with Crippen LogP contribution in [0.3, 0.4) is 0 Å². The van der Waals surface area contributed by atoms with E-state index in [1.807, 2.05) is 27.7 Å². The molecule has 3 nitrogen and oxygen atoms in total. The molecule has 1 aliphatic rings. The highest BCUT2D eigenvalue weighted by molar-refractivity contribution is 6.53. The van der Waals surface area contributed by atoms with Crippen molar-refractivity contribution in [2.75, 3.05) is 0 Å². The summed E-state index contributed by atoms with van der Waals surface area (Å²) in [4.78, 5) is 10.9. The fourth-order valence-corrected chi connectivity index (χ4v) is 1.63. The maximum atomic E-state index is 14.2. The van der Waals surface area contributed by atoms with E-state index >= 15 is 0 Å². The van der Waals surface area contributed by atoms with Gasteiger partial charge in [0.15, 0.2) is 0 Å². The van der Waals surface area contributed by atoms with Crippen LogP contribution in [0, 0.1) is 0 Å².